The average Bonchev–Trinajstić information content (AvgIpc) is 2.92. The molecule has 0 spiro atoms. The van der Waals surface area contributed by atoms with E-state index in [2.05, 4.69) is 55.4 Å². The van der Waals surface area contributed by atoms with Crippen LogP contribution >= 0.6 is 0 Å². The lowest BCUT2D eigenvalue weighted by atomic mass is 9.89. The Kier molecular flexibility index (Phi) is 4.90. The fraction of sp³-hybridized carbons (Fsp3) is 0.632. The van der Waals surface area contributed by atoms with Crippen molar-refractivity contribution in [2.24, 2.45) is 5.92 Å². The summed E-state index contributed by atoms with van der Waals surface area (Å²) in [7, 11) is 2.21. The van der Waals surface area contributed by atoms with Crippen LogP contribution < -0.4 is 5.32 Å². The minimum atomic E-state index is 0.293. The molecule has 3 rings (SSSR count). The molecule has 0 aromatic heterocycles. The monoisotopic (exact) mass is 315 g/mol. The molecule has 0 unspecified atom stereocenters. The Bertz CT molecular complexity index is 542. The molecule has 2 aliphatic rings. The van der Waals surface area contributed by atoms with Gasteiger partial charge in [0.25, 0.3) is 0 Å². The molecule has 1 N–H and O–H groups in total. The lowest BCUT2D eigenvalue weighted by Crippen LogP contribution is -2.48. The van der Waals surface area contributed by atoms with E-state index in [0.29, 0.717) is 30.3 Å². The molecule has 4 nitrogen and oxygen atoms in total. The highest BCUT2D eigenvalue weighted by molar-refractivity contribution is 5.78. The highest BCUT2D eigenvalue weighted by atomic mass is 16.2. The van der Waals surface area contributed by atoms with Gasteiger partial charge < -0.3 is 15.1 Å². The summed E-state index contributed by atoms with van der Waals surface area (Å²) in [5.41, 5.74) is 2.41. The lowest BCUT2D eigenvalue weighted by Gasteiger charge is -2.40. The Morgan fingerprint density at radius 1 is 1.22 bits per heavy atom. The molecule has 3 atom stereocenters. The Labute approximate surface area is 139 Å². The van der Waals surface area contributed by atoms with E-state index in [1.54, 1.807) is 0 Å². The maximum atomic E-state index is 11.7. The van der Waals surface area contributed by atoms with Crippen molar-refractivity contribution in [2.45, 2.75) is 51.7 Å². The Morgan fingerprint density at radius 3 is 2.61 bits per heavy atom. The van der Waals surface area contributed by atoms with Crippen LogP contribution in [0.2, 0.25) is 0 Å². The van der Waals surface area contributed by atoms with Crippen LogP contribution in [0.5, 0.6) is 0 Å². The fourth-order valence-corrected chi connectivity index (χ4v) is 3.75. The molecular weight excluding hydrogens is 286 g/mol. The van der Waals surface area contributed by atoms with Crippen LogP contribution in [0.1, 0.15) is 38.7 Å². The minimum Gasteiger partial charge on any atom is -0.382 e. The molecule has 2 heterocycles. The third-order valence-electron chi connectivity index (χ3n) is 5.46. The van der Waals surface area contributed by atoms with E-state index >= 15 is 0 Å². The number of rotatable bonds is 4. The minimum absolute atomic E-state index is 0.293. The highest BCUT2D eigenvalue weighted by Crippen LogP contribution is 2.24. The van der Waals surface area contributed by atoms with Crippen LogP contribution in [0.4, 0.5) is 5.69 Å². The van der Waals surface area contributed by atoms with Gasteiger partial charge in [-0.05, 0) is 50.4 Å². The van der Waals surface area contributed by atoms with Gasteiger partial charge in [-0.3, -0.25) is 4.79 Å². The SMILES string of the molecule is C[C@@H]1CN(C)[C@@H](C)C[C@H]1Nc1ccc(CN2CCCC2=O)cc1. The van der Waals surface area contributed by atoms with Gasteiger partial charge in [0.15, 0.2) is 0 Å². The molecule has 2 aliphatic heterocycles. The van der Waals surface area contributed by atoms with E-state index < -0.39 is 0 Å². The van der Waals surface area contributed by atoms with Crippen LogP contribution in [0.15, 0.2) is 24.3 Å². The second kappa shape index (κ2) is 6.91. The first-order chi connectivity index (χ1) is 11.0. The molecule has 0 aliphatic carbocycles. The Balaban J connectivity index is 1.58. The summed E-state index contributed by atoms with van der Waals surface area (Å²) in [5, 5.41) is 3.70. The van der Waals surface area contributed by atoms with E-state index in [9.17, 15) is 4.79 Å². The van der Waals surface area contributed by atoms with Crippen molar-refractivity contribution in [3.63, 3.8) is 0 Å². The van der Waals surface area contributed by atoms with Crippen molar-refractivity contribution >= 4 is 11.6 Å². The van der Waals surface area contributed by atoms with Crippen molar-refractivity contribution in [3.8, 4) is 0 Å². The van der Waals surface area contributed by atoms with E-state index in [0.717, 1.165) is 26.1 Å². The number of carbonyl (C=O) groups is 1. The number of benzene rings is 1. The molecule has 2 fully saturated rings. The number of piperidine rings is 1. The van der Waals surface area contributed by atoms with Gasteiger partial charge in [-0.1, -0.05) is 19.1 Å². The van der Waals surface area contributed by atoms with Gasteiger partial charge in [0, 0.05) is 43.8 Å². The molecule has 23 heavy (non-hydrogen) atoms. The van der Waals surface area contributed by atoms with E-state index in [4.69, 9.17) is 0 Å². The van der Waals surface area contributed by atoms with Gasteiger partial charge >= 0.3 is 0 Å². The first-order valence-corrected chi connectivity index (χ1v) is 8.86. The molecule has 1 amide bonds. The molecule has 1 aromatic rings. The molecule has 1 aromatic carbocycles. The van der Waals surface area contributed by atoms with Gasteiger partial charge in [-0.25, -0.2) is 0 Å². The van der Waals surface area contributed by atoms with Crippen molar-refractivity contribution in [2.75, 3.05) is 25.5 Å². The summed E-state index contributed by atoms with van der Waals surface area (Å²) in [4.78, 5) is 16.1. The second-order valence-electron chi connectivity index (χ2n) is 7.37. The van der Waals surface area contributed by atoms with Crippen molar-refractivity contribution in [3.05, 3.63) is 29.8 Å². The van der Waals surface area contributed by atoms with Crippen LogP contribution in [-0.4, -0.2) is 47.9 Å². The zero-order chi connectivity index (χ0) is 16.4. The molecule has 0 bridgehead atoms. The predicted molar refractivity (Wildman–Crippen MR) is 94.4 cm³/mol. The zero-order valence-corrected chi connectivity index (χ0v) is 14.6. The molecule has 126 valence electrons. The Hall–Kier alpha value is -1.55. The largest absolute Gasteiger partial charge is 0.382 e. The first-order valence-electron chi connectivity index (χ1n) is 8.86. The van der Waals surface area contributed by atoms with E-state index in [-0.39, 0.29) is 0 Å². The topological polar surface area (TPSA) is 35.6 Å². The van der Waals surface area contributed by atoms with Crippen molar-refractivity contribution in [1.82, 2.24) is 9.80 Å². The standard InChI is InChI=1S/C19H29N3O/c1-14-12-21(3)15(2)11-18(14)20-17-8-6-16(7-9-17)13-22-10-4-5-19(22)23/h6-9,14-15,18,20H,4-5,10-13H2,1-3H3/t14-,15+,18-/m1/s1. The number of carbonyl (C=O) groups excluding carboxylic acids is 1. The fourth-order valence-electron chi connectivity index (χ4n) is 3.75. The number of hydrogen-bond acceptors (Lipinski definition) is 3. The number of likely N-dealkylation sites (tertiary alicyclic amines) is 2. The molecule has 0 radical (unpaired) electrons. The van der Waals surface area contributed by atoms with Crippen molar-refractivity contribution < 1.29 is 4.79 Å². The summed E-state index contributed by atoms with van der Waals surface area (Å²) in [6.45, 7) is 7.43. The predicted octanol–water partition coefficient (Wildman–Crippen LogP) is 2.95. The maximum absolute atomic E-state index is 11.7. The van der Waals surface area contributed by atoms with E-state index in [1.807, 2.05) is 4.90 Å². The smallest absolute Gasteiger partial charge is 0.222 e. The number of nitrogens with zero attached hydrogens (tertiary/aromatic N) is 2. The van der Waals surface area contributed by atoms with Crippen LogP contribution in [0.3, 0.4) is 0 Å². The normalized spacial score (nSPS) is 29.1. The molecule has 0 saturated carbocycles. The van der Waals surface area contributed by atoms with Crippen LogP contribution in [-0.2, 0) is 11.3 Å². The summed E-state index contributed by atoms with van der Waals surface area (Å²) in [6.07, 6.45) is 2.90. The van der Waals surface area contributed by atoms with Gasteiger partial charge in [0.05, 0.1) is 0 Å². The second-order valence-corrected chi connectivity index (χ2v) is 7.37. The average molecular weight is 315 g/mol. The Morgan fingerprint density at radius 2 is 1.96 bits per heavy atom. The van der Waals surface area contributed by atoms with Gasteiger partial charge in [-0.15, -0.1) is 0 Å². The summed E-state index contributed by atoms with van der Waals surface area (Å²) in [5.74, 6) is 0.944. The molecular formula is C19H29N3O. The zero-order valence-electron chi connectivity index (χ0n) is 14.6. The van der Waals surface area contributed by atoms with Gasteiger partial charge in [0.1, 0.15) is 0 Å². The first kappa shape index (κ1) is 16.3. The van der Waals surface area contributed by atoms with Crippen molar-refractivity contribution in [1.29, 1.82) is 0 Å². The number of nitrogens with one attached hydrogen (secondary N) is 1. The number of amides is 1. The number of anilines is 1. The van der Waals surface area contributed by atoms with Crippen LogP contribution in [0.25, 0.3) is 0 Å². The third kappa shape index (κ3) is 3.86. The molecule has 4 heteroatoms. The third-order valence-corrected chi connectivity index (χ3v) is 5.46. The lowest BCUT2D eigenvalue weighted by molar-refractivity contribution is -0.128. The summed E-state index contributed by atoms with van der Waals surface area (Å²) < 4.78 is 0. The maximum Gasteiger partial charge on any atom is 0.222 e. The van der Waals surface area contributed by atoms with E-state index in [1.165, 1.54) is 17.7 Å². The summed E-state index contributed by atoms with van der Waals surface area (Å²) >= 11 is 0. The number of hydrogen-bond donors (Lipinski definition) is 1. The molecule has 2 saturated heterocycles. The highest BCUT2D eigenvalue weighted by Gasteiger charge is 2.28. The quantitative estimate of drug-likeness (QED) is 0.928. The van der Waals surface area contributed by atoms with Gasteiger partial charge in [0.2, 0.25) is 5.91 Å². The van der Waals surface area contributed by atoms with Gasteiger partial charge in [-0.2, -0.15) is 0 Å². The summed E-state index contributed by atoms with van der Waals surface area (Å²) in [6, 6.07) is 9.78. The van der Waals surface area contributed by atoms with Crippen LogP contribution in [0, 0.1) is 5.92 Å².